The van der Waals surface area contributed by atoms with Crippen molar-refractivity contribution < 1.29 is 14.4 Å². The molecule has 0 aliphatic carbocycles. The molecule has 1 heterocycles. The Labute approximate surface area is 182 Å². The highest BCUT2D eigenvalue weighted by molar-refractivity contribution is 9.10. The predicted molar refractivity (Wildman–Crippen MR) is 119 cm³/mol. The van der Waals surface area contributed by atoms with Gasteiger partial charge >= 0.3 is 6.03 Å². The molecule has 0 saturated carbocycles. The molecule has 0 aromatic heterocycles. The van der Waals surface area contributed by atoms with Crippen LogP contribution < -0.4 is 10.2 Å². The van der Waals surface area contributed by atoms with Crippen LogP contribution in [0.4, 0.5) is 10.5 Å². The molecule has 1 aliphatic rings. The number of carbonyl (C=O) groups is 3. The highest BCUT2D eigenvalue weighted by Crippen LogP contribution is 2.23. The first-order valence-corrected chi connectivity index (χ1v) is 10.1. The lowest BCUT2D eigenvalue weighted by atomic mass is 10.0. The Bertz CT molecular complexity index is 1150. The summed E-state index contributed by atoms with van der Waals surface area (Å²) in [6, 6.07) is 23.4. The lowest BCUT2D eigenvalue weighted by molar-refractivity contribution is -0.122. The van der Waals surface area contributed by atoms with Crippen LogP contribution in [0.1, 0.15) is 16.7 Å². The van der Waals surface area contributed by atoms with E-state index in [0.29, 0.717) is 11.3 Å². The molecule has 1 aliphatic heterocycles. The Morgan fingerprint density at radius 1 is 0.833 bits per heavy atom. The monoisotopic (exact) mass is 460 g/mol. The molecule has 1 N–H and O–H groups in total. The zero-order valence-electron chi connectivity index (χ0n) is 15.8. The van der Waals surface area contributed by atoms with Gasteiger partial charge in [0.15, 0.2) is 0 Å². The van der Waals surface area contributed by atoms with E-state index in [0.717, 1.165) is 21.4 Å². The fourth-order valence-electron chi connectivity index (χ4n) is 3.23. The number of nitrogens with one attached hydrogen (secondary N) is 1. The average molecular weight is 461 g/mol. The summed E-state index contributed by atoms with van der Waals surface area (Å²) in [4.78, 5) is 38.3. The van der Waals surface area contributed by atoms with Crippen LogP contribution in [0.15, 0.2) is 88.9 Å². The maximum atomic E-state index is 12.9. The molecule has 30 heavy (non-hydrogen) atoms. The summed E-state index contributed by atoms with van der Waals surface area (Å²) in [6.45, 7) is 0. The van der Waals surface area contributed by atoms with Gasteiger partial charge in [0.1, 0.15) is 5.57 Å². The van der Waals surface area contributed by atoms with Gasteiger partial charge in [-0.15, -0.1) is 0 Å². The van der Waals surface area contributed by atoms with Crippen LogP contribution in [-0.4, -0.2) is 17.8 Å². The van der Waals surface area contributed by atoms with E-state index < -0.39 is 17.8 Å². The second-order valence-corrected chi connectivity index (χ2v) is 7.66. The van der Waals surface area contributed by atoms with E-state index in [4.69, 9.17) is 0 Å². The third kappa shape index (κ3) is 4.09. The summed E-state index contributed by atoms with van der Waals surface area (Å²) in [6.07, 6.45) is 2.26. The van der Waals surface area contributed by atoms with Crippen LogP contribution >= 0.6 is 15.9 Å². The fraction of sp³-hybridized carbons (Fsp3) is 0.0417. The van der Waals surface area contributed by atoms with E-state index >= 15 is 0 Å². The third-order valence-corrected chi connectivity index (χ3v) is 5.53. The van der Waals surface area contributed by atoms with Crippen LogP contribution in [0, 0.1) is 0 Å². The molecule has 0 spiro atoms. The van der Waals surface area contributed by atoms with Crippen molar-refractivity contribution in [3.05, 3.63) is 106 Å². The molecule has 148 valence electrons. The molecular formula is C24H17BrN2O3. The van der Waals surface area contributed by atoms with Gasteiger partial charge in [0, 0.05) is 4.47 Å². The predicted octanol–water partition coefficient (Wildman–Crippen LogP) is 4.71. The van der Waals surface area contributed by atoms with Crippen LogP contribution in [0.2, 0.25) is 0 Å². The van der Waals surface area contributed by atoms with Gasteiger partial charge in [0.25, 0.3) is 11.8 Å². The maximum absolute atomic E-state index is 12.9. The number of hydrogen-bond acceptors (Lipinski definition) is 3. The van der Waals surface area contributed by atoms with Gasteiger partial charge in [0.2, 0.25) is 0 Å². The van der Waals surface area contributed by atoms with E-state index in [2.05, 4.69) is 27.3 Å². The molecule has 4 rings (SSSR count). The zero-order valence-corrected chi connectivity index (χ0v) is 17.4. The second kappa shape index (κ2) is 8.47. The number of carbonyl (C=O) groups excluding carboxylic acids is 3. The number of urea groups is 1. The molecule has 0 bridgehead atoms. The topological polar surface area (TPSA) is 66.5 Å². The normalized spacial score (nSPS) is 15.4. The van der Waals surface area contributed by atoms with E-state index in [9.17, 15) is 14.4 Å². The van der Waals surface area contributed by atoms with Crippen LogP contribution in [0.25, 0.3) is 6.08 Å². The number of anilines is 1. The summed E-state index contributed by atoms with van der Waals surface area (Å²) in [5, 5.41) is 2.23. The number of nitrogens with zero attached hydrogens (tertiary/aromatic N) is 1. The van der Waals surface area contributed by atoms with Gasteiger partial charge in [-0.05, 0) is 47.4 Å². The van der Waals surface area contributed by atoms with Crippen molar-refractivity contribution in [2.45, 2.75) is 6.42 Å². The molecule has 3 aromatic carbocycles. The Balaban J connectivity index is 1.58. The number of para-hydroxylation sites is 1. The molecular weight excluding hydrogens is 444 g/mol. The van der Waals surface area contributed by atoms with Crippen molar-refractivity contribution >= 4 is 45.5 Å². The first kappa shape index (κ1) is 19.8. The van der Waals surface area contributed by atoms with Crippen LogP contribution in [-0.2, 0) is 16.0 Å². The van der Waals surface area contributed by atoms with Gasteiger partial charge in [-0.2, -0.15) is 0 Å². The van der Waals surface area contributed by atoms with Gasteiger partial charge in [0.05, 0.1) is 5.69 Å². The van der Waals surface area contributed by atoms with E-state index in [1.165, 1.54) is 11.6 Å². The number of barbiturate groups is 1. The number of amides is 4. The standard InChI is InChI=1S/C24H17BrN2O3/c25-21-9-5-4-6-18(21)14-16-10-12-17(13-11-16)15-20-22(28)26-24(30)27(23(20)29)19-7-2-1-3-8-19/h1-13,15H,14H2,(H,26,28,30)/b20-15+. The summed E-state index contributed by atoms with van der Waals surface area (Å²) in [5.74, 6) is -1.35. The summed E-state index contributed by atoms with van der Waals surface area (Å²) in [5.41, 5.74) is 3.29. The average Bonchev–Trinajstić information content (AvgIpc) is 2.74. The van der Waals surface area contributed by atoms with Crippen molar-refractivity contribution in [1.29, 1.82) is 0 Å². The molecule has 1 fully saturated rings. The van der Waals surface area contributed by atoms with Crippen molar-refractivity contribution in [3.63, 3.8) is 0 Å². The summed E-state index contributed by atoms with van der Waals surface area (Å²) >= 11 is 3.55. The Hall–Kier alpha value is -3.51. The molecule has 0 radical (unpaired) electrons. The van der Waals surface area contributed by atoms with Crippen molar-refractivity contribution in [2.24, 2.45) is 0 Å². The number of rotatable bonds is 4. The third-order valence-electron chi connectivity index (χ3n) is 4.76. The first-order chi connectivity index (χ1) is 14.5. The van der Waals surface area contributed by atoms with Crippen molar-refractivity contribution in [3.8, 4) is 0 Å². The lowest BCUT2D eigenvalue weighted by Crippen LogP contribution is -2.54. The van der Waals surface area contributed by atoms with Crippen molar-refractivity contribution in [1.82, 2.24) is 5.32 Å². The summed E-state index contributed by atoms with van der Waals surface area (Å²) < 4.78 is 1.05. The minimum Gasteiger partial charge on any atom is -0.273 e. The Morgan fingerprint density at radius 3 is 2.20 bits per heavy atom. The number of benzene rings is 3. The van der Waals surface area contributed by atoms with E-state index in [-0.39, 0.29) is 5.57 Å². The minimum absolute atomic E-state index is 0.0861. The number of hydrogen-bond donors (Lipinski definition) is 1. The maximum Gasteiger partial charge on any atom is 0.335 e. The highest BCUT2D eigenvalue weighted by atomic mass is 79.9. The van der Waals surface area contributed by atoms with Gasteiger partial charge < -0.3 is 0 Å². The highest BCUT2D eigenvalue weighted by Gasteiger charge is 2.36. The molecule has 6 heteroatoms. The molecule has 4 amide bonds. The molecule has 5 nitrogen and oxygen atoms in total. The molecule has 0 atom stereocenters. The molecule has 3 aromatic rings. The zero-order chi connectivity index (χ0) is 21.1. The van der Waals surface area contributed by atoms with Crippen LogP contribution in [0.5, 0.6) is 0 Å². The first-order valence-electron chi connectivity index (χ1n) is 9.32. The van der Waals surface area contributed by atoms with Gasteiger partial charge in [-0.3, -0.25) is 14.9 Å². The number of imide groups is 2. The van der Waals surface area contributed by atoms with Gasteiger partial charge in [-0.1, -0.05) is 76.6 Å². The SMILES string of the molecule is O=C1NC(=O)N(c2ccccc2)C(=O)/C1=C/c1ccc(Cc2ccccc2Br)cc1. The molecule has 0 unspecified atom stereocenters. The molecule has 1 saturated heterocycles. The van der Waals surface area contributed by atoms with Crippen molar-refractivity contribution in [2.75, 3.05) is 4.90 Å². The lowest BCUT2D eigenvalue weighted by Gasteiger charge is -2.26. The van der Waals surface area contributed by atoms with Gasteiger partial charge in [-0.25, -0.2) is 9.69 Å². The quantitative estimate of drug-likeness (QED) is 0.452. The second-order valence-electron chi connectivity index (χ2n) is 6.80. The van der Waals surface area contributed by atoms with E-state index in [1.54, 1.807) is 30.3 Å². The fourth-order valence-corrected chi connectivity index (χ4v) is 3.65. The van der Waals surface area contributed by atoms with E-state index in [1.807, 2.05) is 42.5 Å². The Morgan fingerprint density at radius 2 is 1.50 bits per heavy atom. The van der Waals surface area contributed by atoms with Crippen LogP contribution in [0.3, 0.4) is 0 Å². The number of halogens is 1. The smallest absolute Gasteiger partial charge is 0.273 e. The largest absolute Gasteiger partial charge is 0.335 e. The minimum atomic E-state index is -0.753. The summed E-state index contributed by atoms with van der Waals surface area (Å²) in [7, 11) is 0. The Kier molecular flexibility index (Phi) is 5.59.